The van der Waals surface area contributed by atoms with Gasteiger partial charge in [-0.3, -0.25) is 0 Å². The van der Waals surface area contributed by atoms with Gasteiger partial charge >= 0.3 is 0 Å². The Balaban J connectivity index is 2.13. The highest BCUT2D eigenvalue weighted by molar-refractivity contribution is 5.13. The Kier molecular flexibility index (Phi) is 1.37. The highest BCUT2D eigenvalue weighted by atomic mass is 16.6. The molecule has 1 heterocycles. The SMILES string of the molecule is CC(C)(O)[C@@]12CCCC[C@@H]1O2. The summed E-state index contributed by atoms with van der Waals surface area (Å²) in [6, 6.07) is 0. The van der Waals surface area contributed by atoms with E-state index < -0.39 is 5.60 Å². The van der Waals surface area contributed by atoms with Gasteiger partial charge in [0, 0.05) is 0 Å². The first kappa shape index (κ1) is 7.56. The zero-order chi connectivity index (χ0) is 8.11. The van der Waals surface area contributed by atoms with E-state index in [1.54, 1.807) is 0 Å². The number of epoxide rings is 1. The summed E-state index contributed by atoms with van der Waals surface area (Å²) in [4.78, 5) is 0. The topological polar surface area (TPSA) is 32.8 Å². The van der Waals surface area contributed by atoms with Crippen LogP contribution in [0.5, 0.6) is 0 Å². The summed E-state index contributed by atoms with van der Waals surface area (Å²) in [5, 5.41) is 9.82. The fraction of sp³-hybridized carbons (Fsp3) is 1.00. The van der Waals surface area contributed by atoms with E-state index in [1.165, 1.54) is 12.8 Å². The Hall–Kier alpha value is -0.0800. The second-order valence-electron chi connectivity index (χ2n) is 4.30. The molecule has 0 aromatic heterocycles. The third kappa shape index (κ3) is 0.926. The number of hydrogen-bond donors (Lipinski definition) is 1. The largest absolute Gasteiger partial charge is 0.387 e. The second-order valence-corrected chi connectivity index (χ2v) is 4.30. The average molecular weight is 156 g/mol. The van der Waals surface area contributed by atoms with E-state index in [1.807, 2.05) is 13.8 Å². The quantitative estimate of drug-likeness (QED) is 0.583. The summed E-state index contributed by atoms with van der Waals surface area (Å²) in [6.07, 6.45) is 5.02. The number of ether oxygens (including phenoxy) is 1. The first-order chi connectivity index (χ1) is 5.06. The number of fused-ring (bicyclic) bond motifs is 1. The maximum Gasteiger partial charge on any atom is 0.123 e. The van der Waals surface area contributed by atoms with Crippen LogP contribution in [0.2, 0.25) is 0 Å². The molecule has 2 rings (SSSR count). The van der Waals surface area contributed by atoms with Gasteiger partial charge in [0.05, 0.1) is 11.7 Å². The van der Waals surface area contributed by atoms with E-state index in [0.29, 0.717) is 6.10 Å². The maximum atomic E-state index is 9.82. The fourth-order valence-electron chi connectivity index (χ4n) is 2.29. The Morgan fingerprint density at radius 2 is 2.18 bits per heavy atom. The normalized spacial score (nSPS) is 43.4. The van der Waals surface area contributed by atoms with Crippen LogP contribution >= 0.6 is 0 Å². The predicted octanol–water partition coefficient (Wildman–Crippen LogP) is 1.47. The Morgan fingerprint density at radius 3 is 2.64 bits per heavy atom. The van der Waals surface area contributed by atoms with Gasteiger partial charge in [0.1, 0.15) is 5.60 Å². The van der Waals surface area contributed by atoms with Crippen molar-refractivity contribution in [3.63, 3.8) is 0 Å². The van der Waals surface area contributed by atoms with E-state index >= 15 is 0 Å². The minimum absolute atomic E-state index is 0.161. The Labute approximate surface area is 67.6 Å². The number of aliphatic hydroxyl groups is 1. The highest BCUT2D eigenvalue weighted by Crippen LogP contribution is 2.53. The molecular weight excluding hydrogens is 140 g/mol. The lowest BCUT2D eigenvalue weighted by Crippen LogP contribution is -2.42. The highest BCUT2D eigenvalue weighted by Gasteiger charge is 2.65. The molecule has 1 saturated carbocycles. The molecule has 2 nitrogen and oxygen atoms in total. The lowest BCUT2D eigenvalue weighted by molar-refractivity contribution is -0.0119. The first-order valence-corrected chi connectivity index (χ1v) is 4.46. The van der Waals surface area contributed by atoms with E-state index in [4.69, 9.17) is 4.74 Å². The molecular formula is C9H16O2. The summed E-state index contributed by atoms with van der Waals surface area (Å²) in [5.41, 5.74) is -0.802. The van der Waals surface area contributed by atoms with Crippen LogP contribution in [-0.2, 0) is 4.74 Å². The van der Waals surface area contributed by atoms with Crippen molar-refractivity contribution >= 4 is 0 Å². The van der Waals surface area contributed by atoms with Crippen LogP contribution in [0.25, 0.3) is 0 Å². The van der Waals surface area contributed by atoms with E-state index in [-0.39, 0.29) is 5.60 Å². The van der Waals surface area contributed by atoms with Crippen LogP contribution < -0.4 is 0 Å². The summed E-state index contributed by atoms with van der Waals surface area (Å²) in [5.74, 6) is 0. The van der Waals surface area contributed by atoms with Crippen molar-refractivity contribution in [2.75, 3.05) is 0 Å². The van der Waals surface area contributed by atoms with Crippen LogP contribution in [-0.4, -0.2) is 22.4 Å². The third-order valence-electron chi connectivity index (χ3n) is 3.12. The molecule has 1 aliphatic heterocycles. The number of rotatable bonds is 1. The van der Waals surface area contributed by atoms with Crippen LogP contribution in [0.15, 0.2) is 0 Å². The van der Waals surface area contributed by atoms with Gasteiger partial charge in [-0.15, -0.1) is 0 Å². The van der Waals surface area contributed by atoms with Crippen molar-refractivity contribution < 1.29 is 9.84 Å². The molecule has 2 atom stereocenters. The van der Waals surface area contributed by atoms with Gasteiger partial charge in [0.2, 0.25) is 0 Å². The van der Waals surface area contributed by atoms with Gasteiger partial charge in [-0.25, -0.2) is 0 Å². The molecule has 0 radical (unpaired) electrons. The summed E-state index contributed by atoms with van der Waals surface area (Å²) < 4.78 is 5.58. The van der Waals surface area contributed by atoms with Crippen LogP contribution in [0.1, 0.15) is 39.5 Å². The van der Waals surface area contributed by atoms with Crippen molar-refractivity contribution in [1.82, 2.24) is 0 Å². The molecule has 2 aliphatic rings. The van der Waals surface area contributed by atoms with Gasteiger partial charge in [0.25, 0.3) is 0 Å². The van der Waals surface area contributed by atoms with Crippen LogP contribution in [0, 0.1) is 0 Å². The van der Waals surface area contributed by atoms with Gasteiger partial charge in [0.15, 0.2) is 0 Å². The molecule has 0 aromatic rings. The molecule has 0 spiro atoms. The minimum Gasteiger partial charge on any atom is -0.387 e. The average Bonchev–Trinajstić information content (AvgIpc) is 2.59. The second kappa shape index (κ2) is 1.99. The molecule has 0 bridgehead atoms. The third-order valence-corrected chi connectivity index (χ3v) is 3.12. The van der Waals surface area contributed by atoms with Gasteiger partial charge in [-0.1, -0.05) is 12.8 Å². The van der Waals surface area contributed by atoms with Gasteiger partial charge in [-0.05, 0) is 26.7 Å². The molecule has 1 saturated heterocycles. The standard InChI is InChI=1S/C9H16O2/c1-8(2,10)9-6-4-3-5-7(9)11-9/h7,10H,3-6H2,1-2H3/t7-,9+/m0/s1. The summed E-state index contributed by atoms with van der Waals surface area (Å²) in [7, 11) is 0. The minimum atomic E-state index is -0.641. The maximum absolute atomic E-state index is 9.82. The summed E-state index contributed by atoms with van der Waals surface area (Å²) >= 11 is 0. The Bertz CT molecular complexity index is 171. The first-order valence-electron chi connectivity index (χ1n) is 4.46. The molecule has 2 heteroatoms. The zero-order valence-electron chi connectivity index (χ0n) is 7.26. The van der Waals surface area contributed by atoms with Crippen LogP contribution in [0.4, 0.5) is 0 Å². The van der Waals surface area contributed by atoms with Crippen molar-refractivity contribution in [1.29, 1.82) is 0 Å². The van der Waals surface area contributed by atoms with Gasteiger partial charge in [-0.2, -0.15) is 0 Å². The van der Waals surface area contributed by atoms with Gasteiger partial charge < -0.3 is 9.84 Å². The molecule has 0 unspecified atom stereocenters. The predicted molar refractivity (Wildman–Crippen MR) is 42.4 cm³/mol. The molecule has 0 amide bonds. The molecule has 0 aromatic carbocycles. The monoisotopic (exact) mass is 156 g/mol. The van der Waals surface area contributed by atoms with E-state index in [2.05, 4.69) is 0 Å². The van der Waals surface area contributed by atoms with Crippen molar-refractivity contribution in [2.45, 2.75) is 56.8 Å². The zero-order valence-corrected chi connectivity index (χ0v) is 7.26. The number of hydrogen-bond acceptors (Lipinski definition) is 2. The smallest absolute Gasteiger partial charge is 0.123 e. The lowest BCUT2D eigenvalue weighted by atomic mass is 9.78. The molecule has 2 fully saturated rings. The van der Waals surface area contributed by atoms with Crippen molar-refractivity contribution in [2.24, 2.45) is 0 Å². The molecule has 1 aliphatic carbocycles. The molecule has 1 N–H and O–H groups in total. The molecule has 64 valence electrons. The molecule has 11 heavy (non-hydrogen) atoms. The lowest BCUT2D eigenvalue weighted by Gasteiger charge is -2.29. The summed E-state index contributed by atoms with van der Waals surface area (Å²) in [6.45, 7) is 3.72. The van der Waals surface area contributed by atoms with E-state index in [9.17, 15) is 5.11 Å². The fourth-order valence-corrected chi connectivity index (χ4v) is 2.29. The van der Waals surface area contributed by atoms with Crippen molar-refractivity contribution in [3.05, 3.63) is 0 Å². The van der Waals surface area contributed by atoms with Crippen LogP contribution in [0.3, 0.4) is 0 Å². The van der Waals surface area contributed by atoms with Crippen molar-refractivity contribution in [3.8, 4) is 0 Å². The Morgan fingerprint density at radius 1 is 1.45 bits per heavy atom. The van der Waals surface area contributed by atoms with E-state index in [0.717, 1.165) is 12.8 Å².